The van der Waals surface area contributed by atoms with Gasteiger partial charge in [-0.05, 0) is 55.4 Å². The summed E-state index contributed by atoms with van der Waals surface area (Å²) in [7, 11) is 0. The second-order valence-electron chi connectivity index (χ2n) is 14.8. The topological polar surface area (TPSA) is 118 Å². The molecule has 0 aromatic carbocycles. The third kappa shape index (κ3) is 7.22. The molecule has 14 heteroatoms. The van der Waals surface area contributed by atoms with Crippen LogP contribution < -0.4 is 19.9 Å². The summed E-state index contributed by atoms with van der Waals surface area (Å²) in [4.78, 5) is 38.8. The summed E-state index contributed by atoms with van der Waals surface area (Å²) in [5.74, 6) is -1.89. The van der Waals surface area contributed by atoms with Crippen LogP contribution >= 0.6 is 0 Å². The number of carbonyl (C=O) groups excluding carboxylic acids is 1. The summed E-state index contributed by atoms with van der Waals surface area (Å²) in [5.41, 5.74) is 0.586. The van der Waals surface area contributed by atoms with E-state index in [2.05, 4.69) is 44.1 Å². The number of ether oxygens (including phenoxy) is 2. The molecule has 0 radical (unpaired) electrons. The van der Waals surface area contributed by atoms with Gasteiger partial charge in [0.15, 0.2) is 5.82 Å². The van der Waals surface area contributed by atoms with Gasteiger partial charge in [0.1, 0.15) is 11.8 Å². The van der Waals surface area contributed by atoms with Gasteiger partial charge in [-0.1, -0.05) is 13.8 Å². The van der Waals surface area contributed by atoms with Crippen LogP contribution in [0.25, 0.3) is 0 Å². The lowest BCUT2D eigenvalue weighted by Gasteiger charge is -2.34. The first-order valence-electron chi connectivity index (χ1n) is 17.8. The minimum Gasteiger partial charge on any atom is -0.474 e. The molecule has 1 amide bonds. The van der Waals surface area contributed by atoms with Crippen molar-refractivity contribution in [2.45, 2.75) is 83.2 Å². The zero-order valence-corrected chi connectivity index (χ0v) is 28.9. The van der Waals surface area contributed by atoms with E-state index >= 15 is 8.78 Å². The van der Waals surface area contributed by atoms with Crippen molar-refractivity contribution in [2.75, 3.05) is 49.2 Å². The number of amides is 1. The van der Waals surface area contributed by atoms with Gasteiger partial charge in [-0.15, -0.1) is 0 Å². The number of anilines is 3. The molecule has 1 spiro atoms. The molecule has 1 unspecified atom stereocenters. The first-order valence-corrected chi connectivity index (χ1v) is 17.8. The smallest absolute Gasteiger partial charge is 0.287 e. The summed E-state index contributed by atoms with van der Waals surface area (Å²) in [6, 6.07) is 1.96. The molecule has 1 saturated carbocycles. The average Bonchev–Trinajstić information content (AvgIpc) is 3.39. The number of pyridine rings is 1. The zero-order chi connectivity index (χ0) is 35.0. The molecule has 3 aliphatic heterocycles. The van der Waals surface area contributed by atoms with Crippen LogP contribution in [0.5, 0.6) is 5.88 Å². The fourth-order valence-corrected chi connectivity index (χ4v) is 8.40. The van der Waals surface area contributed by atoms with E-state index < -0.39 is 23.3 Å². The van der Waals surface area contributed by atoms with E-state index in [-0.39, 0.29) is 23.0 Å². The molecule has 2 saturated heterocycles. The third-order valence-electron chi connectivity index (χ3n) is 10.8. The Kier molecular flexibility index (Phi) is 9.57. The van der Waals surface area contributed by atoms with Crippen molar-refractivity contribution < 1.29 is 27.4 Å². The average molecular weight is 695 g/mol. The van der Waals surface area contributed by atoms with Gasteiger partial charge in [-0.2, -0.15) is 8.78 Å². The lowest BCUT2D eigenvalue weighted by atomic mass is 9.76. The molecule has 4 aliphatic rings. The number of alkyl halides is 2. The molecule has 3 fully saturated rings. The zero-order valence-electron chi connectivity index (χ0n) is 28.9. The van der Waals surface area contributed by atoms with Gasteiger partial charge in [0.2, 0.25) is 17.8 Å². The number of carbonyl (C=O) groups is 1. The largest absolute Gasteiger partial charge is 0.474 e. The van der Waals surface area contributed by atoms with E-state index in [0.717, 1.165) is 43.9 Å². The molecule has 1 aliphatic carbocycles. The minimum absolute atomic E-state index is 0.0818. The van der Waals surface area contributed by atoms with E-state index in [4.69, 9.17) is 9.47 Å². The van der Waals surface area contributed by atoms with Crippen molar-refractivity contribution in [1.29, 1.82) is 0 Å². The van der Waals surface area contributed by atoms with Crippen molar-refractivity contribution in [3.63, 3.8) is 0 Å². The molecular weight excluding hydrogens is 649 g/mol. The van der Waals surface area contributed by atoms with Crippen molar-refractivity contribution >= 4 is 23.5 Å². The molecule has 1 N–H and O–H groups in total. The van der Waals surface area contributed by atoms with Gasteiger partial charge in [0, 0.05) is 76.8 Å². The number of nitrogens with one attached hydrogen (secondary N) is 1. The van der Waals surface area contributed by atoms with E-state index in [0.29, 0.717) is 81.8 Å². The number of hydrogen-bond donors (Lipinski definition) is 1. The molecular formula is C36H45F3N8O3. The highest BCUT2D eigenvalue weighted by Crippen LogP contribution is 2.49. The van der Waals surface area contributed by atoms with Crippen LogP contribution in [-0.2, 0) is 16.1 Å². The summed E-state index contributed by atoms with van der Waals surface area (Å²) in [6.07, 6.45) is 11.2. The second-order valence-corrected chi connectivity index (χ2v) is 14.8. The number of hydrogen-bond acceptors (Lipinski definition) is 10. The Morgan fingerprint density at radius 3 is 2.36 bits per heavy atom. The number of piperidine rings is 1. The monoisotopic (exact) mass is 694 g/mol. The van der Waals surface area contributed by atoms with E-state index in [9.17, 15) is 9.18 Å². The maximum absolute atomic E-state index is 15.1. The van der Waals surface area contributed by atoms with Gasteiger partial charge in [-0.3, -0.25) is 4.79 Å². The minimum atomic E-state index is -3.37. The third-order valence-corrected chi connectivity index (χ3v) is 10.8. The van der Waals surface area contributed by atoms with Gasteiger partial charge in [0.05, 0.1) is 29.8 Å². The number of rotatable bonds is 8. The lowest BCUT2D eigenvalue weighted by Crippen LogP contribution is -2.39. The first-order chi connectivity index (χ1) is 24.0. The number of fused-ring (bicyclic) bond motifs is 2. The van der Waals surface area contributed by atoms with Crippen molar-refractivity contribution in [3.8, 4) is 5.88 Å². The van der Waals surface area contributed by atoms with E-state index in [1.807, 2.05) is 15.9 Å². The van der Waals surface area contributed by atoms with Crippen LogP contribution in [0.4, 0.5) is 30.8 Å². The Balaban J connectivity index is 1.10. The quantitative estimate of drug-likeness (QED) is 0.303. The second kappa shape index (κ2) is 13.9. The Labute approximate surface area is 290 Å². The van der Waals surface area contributed by atoms with Crippen molar-refractivity contribution in [2.24, 2.45) is 17.8 Å². The summed E-state index contributed by atoms with van der Waals surface area (Å²) >= 11 is 0. The molecule has 50 heavy (non-hydrogen) atoms. The molecule has 11 nitrogen and oxygen atoms in total. The molecule has 6 heterocycles. The van der Waals surface area contributed by atoms with Gasteiger partial charge < -0.3 is 24.6 Å². The number of halogens is 3. The van der Waals surface area contributed by atoms with Gasteiger partial charge in [-0.25, -0.2) is 29.3 Å². The molecule has 3 atom stereocenters. The maximum atomic E-state index is 15.1. The normalized spacial score (nSPS) is 23.9. The highest BCUT2D eigenvalue weighted by Gasteiger charge is 2.46. The van der Waals surface area contributed by atoms with Crippen LogP contribution in [0.3, 0.4) is 0 Å². The summed E-state index contributed by atoms with van der Waals surface area (Å²) < 4.78 is 55.7. The molecule has 3 aromatic heterocycles. The predicted octanol–water partition coefficient (Wildman–Crippen LogP) is 5.96. The van der Waals surface area contributed by atoms with Crippen LogP contribution in [0.1, 0.15) is 87.3 Å². The Bertz CT molecular complexity index is 1670. The number of aromatic nitrogens is 5. The fraction of sp³-hybridized carbons (Fsp3) is 0.611. The SMILES string of the molecule is C[C@@H]1CC(CNC(=O)c2cnc(N3CC4(CCOCC4)c4cc(OC5CCN(c6ncc(F)cn6)CC5)ncc43)nc2C(C)(F)F)C[C@H](C)C1. The number of nitrogens with zero attached hydrogens (tertiary/aromatic N) is 7. The van der Waals surface area contributed by atoms with Crippen LogP contribution in [0, 0.1) is 23.6 Å². The van der Waals surface area contributed by atoms with Crippen LogP contribution in [-0.4, -0.2) is 76.3 Å². The van der Waals surface area contributed by atoms with E-state index in [1.54, 1.807) is 6.20 Å². The van der Waals surface area contributed by atoms with Gasteiger partial charge in [0.25, 0.3) is 11.8 Å². The standard InChI is InChI=1S/C36H45F3N8O3/c1-22-12-23(2)14-24(13-22)16-41-32(48)27-19-44-34(45-31(27)35(3,38)39)47-21-36(6-10-49-11-7-36)28-15-30(40-20-29(28)47)50-26-4-8-46(9-5-26)33-42-17-25(37)18-43-33/h15,17-20,22-24,26H,4-14,16,21H2,1-3H3,(H,41,48)/t22-,23+,24?. The van der Waals surface area contributed by atoms with E-state index in [1.165, 1.54) is 25.0 Å². The van der Waals surface area contributed by atoms with Gasteiger partial charge >= 0.3 is 0 Å². The Hall–Kier alpha value is -4.07. The highest BCUT2D eigenvalue weighted by molar-refractivity contribution is 5.95. The summed E-state index contributed by atoms with van der Waals surface area (Å²) in [5, 5.41) is 2.90. The van der Waals surface area contributed by atoms with Crippen molar-refractivity contribution in [1.82, 2.24) is 30.2 Å². The maximum Gasteiger partial charge on any atom is 0.287 e. The molecule has 268 valence electrons. The van der Waals surface area contributed by atoms with Crippen LogP contribution in [0.2, 0.25) is 0 Å². The lowest BCUT2D eigenvalue weighted by molar-refractivity contribution is 0.0115. The molecule has 3 aromatic rings. The highest BCUT2D eigenvalue weighted by atomic mass is 19.3. The molecule has 7 rings (SSSR count). The first kappa shape index (κ1) is 34.4. The summed E-state index contributed by atoms with van der Waals surface area (Å²) in [6.45, 7) is 8.54. The predicted molar refractivity (Wildman–Crippen MR) is 180 cm³/mol. The Morgan fingerprint density at radius 1 is 1.00 bits per heavy atom. The Morgan fingerprint density at radius 2 is 1.68 bits per heavy atom. The van der Waals surface area contributed by atoms with Crippen LogP contribution in [0.15, 0.2) is 30.9 Å². The molecule has 0 bridgehead atoms. The van der Waals surface area contributed by atoms with Crippen molar-refractivity contribution in [3.05, 3.63) is 53.5 Å². The fourth-order valence-electron chi connectivity index (χ4n) is 8.40.